The van der Waals surface area contributed by atoms with Gasteiger partial charge in [-0.3, -0.25) is 0 Å². The molecule has 0 aliphatic rings. The smallest absolute Gasteiger partial charge is 0.122 e. The summed E-state index contributed by atoms with van der Waals surface area (Å²) in [5.74, 6) is 0.992. The first kappa shape index (κ1) is 16.0. The standard InChI is InChI=1S/C17H28O2/c1-8-9-18-16-11-12(2)15(10-13(16)3)14(4)19-17(5,6)7/h10-11,14H,8-9H2,1-7H3. The number of ether oxygens (including phenoxy) is 2. The highest BCUT2D eigenvalue weighted by molar-refractivity contribution is 5.42. The summed E-state index contributed by atoms with van der Waals surface area (Å²) in [6.07, 6.45) is 1.13. The average molecular weight is 264 g/mol. The maximum atomic E-state index is 6.04. The van der Waals surface area contributed by atoms with Crippen molar-refractivity contribution in [2.45, 2.75) is 66.6 Å². The van der Waals surface area contributed by atoms with Gasteiger partial charge in [-0.05, 0) is 76.8 Å². The molecular weight excluding hydrogens is 236 g/mol. The molecule has 0 saturated carbocycles. The Balaban J connectivity index is 2.94. The molecule has 19 heavy (non-hydrogen) atoms. The predicted molar refractivity (Wildman–Crippen MR) is 81.0 cm³/mol. The molecule has 0 aliphatic carbocycles. The van der Waals surface area contributed by atoms with E-state index in [2.05, 4.69) is 60.6 Å². The predicted octanol–water partition coefficient (Wildman–Crippen LogP) is 4.97. The van der Waals surface area contributed by atoms with Gasteiger partial charge in [-0.25, -0.2) is 0 Å². The zero-order valence-corrected chi connectivity index (χ0v) is 13.5. The largest absolute Gasteiger partial charge is 0.493 e. The molecule has 1 aromatic carbocycles. The third-order valence-electron chi connectivity index (χ3n) is 2.99. The van der Waals surface area contributed by atoms with E-state index in [-0.39, 0.29) is 11.7 Å². The monoisotopic (exact) mass is 264 g/mol. The summed E-state index contributed by atoms with van der Waals surface area (Å²) in [4.78, 5) is 0. The fraction of sp³-hybridized carbons (Fsp3) is 0.647. The van der Waals surface area contributed by atoms with Crippen molar-refractivity contribution in [1.82, 2.24) is 0 Å². The van der Waals surface area contributed by atoms with E-state index in [9.17, 15) is 0 Å². The Hall–Kier alpha value is -1.02. The van der Waals surface area contributed by atoms with Crippen LogP contribution in [0.3, 0.4) is 0 Å². The van der Waals surface area contributed by atoms with E-state index < -0.39 is 0 Å². The third-order valence-corrected chi connectivity index (χ3v) is 2.99. The first-order chi connectivity index (χ1) is 8.74. The van der Waals surface area contributed by atoms with Gasteiger partial charge in [-0.2, -0.15) is 0 Å². The molecular formula is C17H28O2. The third kappa shape index (κ3) is 4.87. The van der Waals surface area contributed by atoms with Crippen LogP contribution in [0.4, 0.5) is 0 Å². The SMILES string of the molecule is CCCOc1cc(C)c(C(C)OC(C)(C)C)cc1C. The van der Waals surface area contributed by atoms with E-state index in [1.54, 1.807) is 0 Å². The summed E-state index contributed by atoms with van der Waals surface area (Å²) >= 11 is 0. The van der Waals surface area contributed by atoms with Gasteiger partial charge >= 0.3 is 0 Å². The summed E-state index contributed by atoms with van der Waals surface area (Å²) in [6, 6.07) is 4.32. The molecule has 0 heterocycles. The van der Waals surface area contributed by atoms with Crippen LogP contribution < -0.4 is 4.74 Å². The Morgan fingerprint density at radius 2 is 1.74 bits per heavy atom. The number of hydrogen-bond donors (Lipinski definition) is 0. The van der Waals surface area contributed by atoms with E-state index in [0.717, 1.165) is 18.8 Å². The Bertz CT molecular complexity index is 416. The molecule has 0 saturated heterocycles. The van der Waals surface area contributed by atoms with Gasteiger partial charge in [0.25, 0.3) is 0 Å². The maximum Gasteiger partial charge on any atom is 0.122 e. The van der Waals surface area contributed by atoms with Crippen molar-refractivity contribution in [3.8, 4) is 5.75 Å². The summed E-state index contributed by atoms with van der Waals surface area (Å²) < 4.78 is 11.8. The van der Waals surface area contributed by atoms with E-state index in [4.69, 9.17) is 9.47 Å². The molecule has 0 aliphatic heterocycles. The number of hydrogen-bond acceptors (Lipinski definition) is 2. The highest BCUT2D eigenvalue weighted by atomic mass is 16.5. The Labute approximate surface area is 118 Å². The number of aryl methyl sites for hydroxylation is 2. The van der Waals surface area contributed by atoms with Crippen molar-refractivity contribution in [2.24, 2.45) is 0 Å². The molecule has 0 spiro atoms. The number of rotatable bonds is 5. The van der Waals surface area contributed by atoms with Crippen LogP contribution in [-0.2, 0) is 4.74 Å². The second kappa shape index (κ2) is 6.42. The van der Waals surface area contributed by atoms with Crippen molar-refractivity contribution in [3.63, 3.8) is 0 Å². The van der Waals surface area contributed by atoms with E-state index in [0.29, 0.717) is 0 Å². The summed E-state index contributed by atoms with van der Waals surface area (Å²) in [7, 11) is 0. The molecule has 1 atom stereocenters. The van der Waals surface area contributed by atoms with E-state index in [1.807, 2.05) is 0 Å². The van der Waals surface area contributed by atoms with Crippen molar-refractivity contribution >= 4 is 0 Å². The normalized spacial score (nSPS) is 13.4. The molecule has 0 N–H and O–H groups in total. The Kier molecular flexibility index (Phi) is 5.42. The minimum absolute atomic E-state index is 0.0962. The van der Waals surface area contributed by atoms with E-state index >= 15 is 0 Å². The average Bonchev–Trinajstić information content (AvgIpc) is 2.27. The second-order valence-corrected chi connectivity index (χ2v) is 6.20. The molecule has 1 aromatic rings. The van der Waals surface area contributed by atoms with Crippen LogP contribution in [0.2, 0.25) is 0 Å². The minimum atomic E-state index is -0.128. The first-order valence-electron chi connectivity index (χ1n) is 7.16. The fourth-order valence-electron chi connectivity index (χ4n) is 2.21. The first-order valence-corrected chi connectivity index (χ1v) is 7.16. The van der Waals surface area contributed by atoms with Crippen LogP contribution in [0, 0.1) is 13.8 Å². The zero-order chi connectivity index (χ0) is 14.6. The summed E-state index contributed by atoms with van der Waals surface area (Å²) in [5, 5.41) is 0. The van der Waals surface area contributed by atoms with Crippen LogP contribution in [-0.4, -0.2) is 12.2 Å². The molecule has 2 nitrogen and oxygen atoms in total. The van der Waals surface area contributed by atoms with Gasteiger partial charge in [0.15, 0.2) is 0 Å². The molecule has 1 rings (SSSR count). The zero-order valence-electron chi connectivity index (χ0n) is 13.5. The maximum absolute atomic E-state index is 6.04. The fourth-order valence-corrected chi connectivity index (χ4v) is 2.21. The van der Waals surface area contributed by atoms with E-state index in [1.165, 1.54) is 16.7 Å². The van der Waals surface area contributed by atoms with Crippen molar-refractivity contribution in [1.29, 1.82) is 0 Å². The molecule has 0 amide bonds. The molecule has 0 radical (unpaired) electrons. The van der Waals surface area contributed by atoms with Crippen molar-refractivity contribution < 1.29 is 9.47 Å². The lowest BCUT2D eigenvalue weighted by atomic mass is 10.00. The topological polar surface area (TPSA) is 18.5 Å². The van der Waals surface area contributed by atoms with Crippen molar-refractivity contribution in [3.05, 3.63) is 28.8 Å². The molecule has 2 heteroatoms. The van der Waals surface area contributed by atoms with Gasteiger partial charge in [0.2, 0.25) is 0 Å². The summed E-state index contributed by atoms with van der Waals surface area (Å²) in [5.41, 5.74) is 3.53. The molecule has 0 fully saturated rings. The highest BCUT2D eigenvalue weighted by Crippen LogP contribution is 2.30. The number of benzene rings is 1. The van der Waals surface area contributed by atoms with Gasteiger partial charge in [-0.1, -0.05) is 6.92 Å². The molecule has 1 unspecified atom stereocenters. The van der Waals surface area contributed by atoms with Gasteiger partial charge in [0, 0.05) is 0 Å². The summed E-state index contributed by atoms with van der Waals surface area (Å²) in [6.45, 7) is 15.5. The van der Waals surface area contributed by atoms with Crippen LogP contribution in [0.15, 0.2) is 12.1 Å². The van der Waals surface area contributed by atoms with Crippen LogP contribution in [0.1, 0.15) is 63.8 Å². The van der Waals surface area contributed by atoms with Gasteiger partial charge in [0.1, 0.15) is 5.75 Å². The van der Waals surface area contributed by atoms with Crippen LogP contribution >= 0.6 is 0 Å². The Morgan fingerprint density at radius 1 is 1.11 bits per heavy atom. The van der Waals surface area contributed by atoms with Gasteiger partial charge < -0.3 is 9.47 Å². The van der Waals surface area contributed by atoms with Gasteiger partial charge in [-0.15, -0.1) is 0 Å². The van der Waals surface area contributed by atoms with Crippen LogP contribution in [0.5, 0.6) is 5.75 Å². The highest BCUT2D eigenvalue weighted by Gasteiger charge is 2.19. The quantitative estimate of drug-likeness (QED) is 0.747. The van der Waals surface area contributed by atoms with Crippen LogP contribution in [0.25, 0.3) is 0 Å². The minimum Gasteiger partial charge on any atom is -0.493 e. The van der Waals surface area contributed by atoms with Gasteiger partial charge in [0.05, 0.1) is 18.3 Å². The molecule has 0 bridgehead atoms. The lowest BCUT2D eigenvalue weighted by Gasteiger charge is -2.27. The lowest BCUT2D eigenvalue weighted by molar-refractivity contribution is -0.0532. The Morgan fingerprint density at radius 3 is 2.26 bits per heavy atom. The molecule has 0 aromatic heterocycles. The lowest BCUT2D eigenvalue weighted by Crippen LogP contribution is -2.21. The van der Waals surface area contributed by atoms with Crippen molar-refractivity contribution in [2.75, 3.05) is 6.61 Å². The second-order valence-electron chi connectivity index (χ2n) is 6.20. The molecule has 108 valence electrons.